The summed E-state index contributed by atoms with van der Waals surface area (Å²) >= 11 is 0. The second kappa shape index (κ2) is 4.78. The van der Waals surface area contributed by atoms with Crippen LogP contribution in [0.4, 0.5) is 5.69 Å². The van der Waals surface area contributed by atoms with Crippen molar-refractivity contribution in [2.24, 2.45) is 0 Å². The lowest BCUT2D eigenvalue weighted by molar-refractivity contribution is -0.656. The van der Waals surface area contributed by atoms with Gasteiger partial charge in [-0.2, -0.15) is 0 Å². The van der Waals surface area contributed by atoms with Gasteiger partial charge in [0.2, 0.25) is 0 Å². The van der Waals surface area contributed by atoms with E-state index >= 15 is 0 Å². The highest BCUT2D eigenvalue weighted by Crippen LogP contribution is 2.19. The number of anilines is 1. The van der Waals surface area contributed by atoms with E-state index in [2.05, 4.69) is 22.8 Å². The standard InChI is InChI=1S/C15H16N2O/c18-15(14-6-3-9-16-14)17-13-8-7-11-4-1-2-5-12(11)10-13/h1-2,4-5,7-8,10,14,16H,3,6,9H2,(H,17,18)/p+1/t14-/m0/s1. The van der Waals surface area contributed by atoms with Gasteiger partial charge < -0.3 is 10.6 Å². The summed E-state index contributed by atoms with van der Waals surface area (Å²) in [6.45, 7) is 1.07. The van der Waals surface area contributed by atoms with Gasteiger partial charge in [-0.3, -0.25) is 4.79 Å². The summed E-state index contributed by atoms with van der Waals surface area (Å²) in [5.41, 5.74) is 0.888. The highest BCUT2D eigenvalue weighted by atomic mass is 16.2. The lowest BCUT2D eigenvalue weighted by Gasteiger charge is -2.09. The molecule has 0 saturated carbocycles. The molecule has 0 aliphatic carbocycles. The van der Waals surface area contributed by atoms with Crippen LogP contribution in [0.1, 0.15) is 12.8 Å². The summed E-state index contributed by atoms with van der Waals surface area (Å²) in [6, 6.07) is 14.3. The Morgan fingerprint density at radius 1 is 1.17 bits per heavy atom. The molecule has 0 bridgehead atoms. The molecule has 1 heterocycles. The van der Waals surface area contributed by atoms with Crippen molar-refractivity contribution in [3.05, 3.63) is 42.5 Å². The lowest BCUT2D eigenvalue weighted by atomic mass is 10.1. The first-order valence-corrected chi connectivity index (χ1v) is 6.46. The molecular weight excluding hydrogens is 224 g/mol. The van der Waals surface area contributed by atoms with Crippen LogP contribution in [0.3, 0.4) is 0 Å². The van der Waals surface area contributed by atoms with Gasteiger partial charge >= 0.3 is 0 Å². The van der Waals surface area contributed by atoms with Gasteiger partial charge in [0.25, 0.3) is 5.91 Å². The number of carbonyl (C=O) groups is 1. The highest BCUT2D eigenvalue weighted by Gasteiger charge is 2.25. The number of fused-ring (bicyclic) bond motifs is 1. The zero-order chi connectivity index (χ0) is 12.4. The maximum Gasteiger partial charge on any atom is 0.282 e. The average Bonchev–Trinajstić information content (AvgIpc) is 2.92. The quantitative estimate of drug-likeness (QED) is 0.822. The highest BCUT2D eigenvalue weighted by molar-refractivity contribution is 5.96. The minimum absolute atomic E-state index is 0.0940. The van der Waals surface area contributed by atoms with Gasteiger partial charge in [-0.15, -0.1) is 0 Å². The van der Waals surface area contributed by atoms with E-state index in [1.54, 1.807) is 0 Å². The predicted octanol–water partition coefficient (Wildman–Crippen LogP) is 1.50. The molecule has 18 heavy (non-hydrogen) atoms. The van der Waals surface area contributed by atoms with Crippen molar-refractivity contribution >= 4 is 22.4 Å². The van der Waals surface area contributed by atoms with Crippen LogP contribution < -0.4 is 10.6 Å². The number of hydrogen-bond acceptors (Lipinski definition) is 1. The third kappa shape index (κ3) is 2.22. The van der Waals surface area contributed by atoms with E-state index in [1.165, 1.54) is 5.39 Å². The molecule has 2 aromatic rings. The van der Waals surface area contributed by atoms with E-state index in [0.717, 1.165) is 30.5 Å². The Bertz CT molecular complexity index is 573. The van der Waals surface area contributed by atoms with Gasteiger partial charge in [-0.25, -0.2) is 0 Å². The van der Waals surface area contributed by atoms with Gasteiger partial charge in [-0.05, 0) is 22.9 Å². The molecule has 3 rings (SSSR count). The molecule has 1 atom stereocenters. The molecule has 0 aromatic heterocycles. The number of nitrogens with two attached hydrogens (primary N) is 1. The normalized spacial score (nSPS) is 19.0. The minimum atomic E-state index is 0.0940. The third-order valence-corrected chi connectivity index (χ3v) is 3.52. The Balaban J connectivity index is 1.79. The Labute approximate surface area is 106 Å². The SMILES string of the molecule is O=C(Nc1ccc2ccccc2c1)[C@@H]1CCC[NH2+]1. The van der Waals surface area contributed by atoms with Gasteiger partial charge in [-0.1, -0.05) is 30.3 Å². The Kier molecular flexibility index (Phi) is 2.99. The Morgan fingerprint density at radius 3 is 2.78 bits per heavy atom. The number of carbonyl (C=O) groups excluding carboxylic acids is 1. The van der Waals surface area contributed by atoms with Crippen molar-refractivity contribution in [2.75, 3.05) is 11.9 Å². The Hall–Kier alpha value is -1.87. The van der Waals surface area contributed by atoms with Crippen LogP contribution in [0.5, 0.6) is 0 Å². The van der Waals surface area contributed by atoms with E-state index in [9.17, 15) is 4.79 Å². The van der Waals surface area contributed by atoms with Crippen molar-refractivity contribution in [1.29, 1.82) is 0 Å². The number of rotatable bonds is 2. The zero-order valence-electron chi connectivity index (χ0n) is 10.2. The molecule has 0 radical (unpaired) electrons. The summed E-state index contributed by atoms with van der Waals surface area (Å²) < 4.78 is 0. The fourth-order valence-corrected chi connectivity index (χ4v) is 2.51. The Morgan fingerprint density at radius 2 is 2.00 bits per heavy atom. The average molecular weight is 241 g/mol. The number of benzene rings is 2. The number of amides is 1. The first kappa shape index (κ1) is 11.2. The fraction of sp³-hybridized carbons (Fsp3) is 0.267. The molecule has 92 valence electrons. The first-order chi connectivity index (χ1) is 8.83. The summed E-state index contributed by atoms with van der Waals surface area (Å²) in [5, 5.41) is 7.48. The van der Waals surface area contributed by atoms with Crippen LogP contribution in [0.2, 0.25) is 0 Å². The summed E-state index contributed by atoms with van der Waals surface area (Å²) in [6.07, 6.45) is 2.12. The third-order valence-electron chi connectivity index (χ3n) is 3.52. The molecule has 3 heteroatoms. The summed E-state index contributed by atoms with van der Waals surface area (Å²) in [4.78, 5) is 12.0. The maximum absolute atomic E-state index is 12.0. The van der Waals surface area contributed by atoms with E-state index in [1.807, 2.05) is 30.3 Å². The van der Waals surface area contributed by atoms with Crippen LogP contribution in [0.15, 0.2) is 42.5 Å². The lowest BCUT2D eigenvalue weighted by Crippen LogP contribution is -2.88. The van der Waals surface area contributed by atoms with Crippen LogP contribution >= 0.6 is 0 Å². The molecule has 1 amide bonds. The number of hydrogen-bond donors (Lipinski definition) is 2. The molecule has 0 spiro atoms. The first-order valence-electron chi connectivity index (χ1n) is 6.46. The molecule has 1 saturated heterocycles. The molecule has 0 unspecified atom stereocenters. The van der Waals surface area contributed by atoms with E-state index in [0.29, 0.717) is 0 Å². The second-order valence-electron chi connectivity index (χ2n) is 4.82. The van der Waals surface area contributed by atoms with Gasteiger partial charge in [0.15, 0.2) is 6.04 Å². The van der Waals surface area contributed by atoms with Gasteiger partial charge in [0, 0.05) is 18.5 Å². The molecular formula is C15H17N2O+. The zero-order valence-corrected chi connectivity index (χ0v) is 10.2. The fourth-order valence-electron chi connectivity index (χ4n) is 2.51. The molecule has 3 N–H and O–H groups in total. The predicted molar refractivity (Wildman–Crippen MR) is 72.4 cm³/mol. The monoisotopic (exact) mass is 241 g/mol. The van der Waals surface area contributed by atoms with Crippen molar-refractivity contribution in [3.8, 4) is 0 Å². The largest absolute Gasteiger partial charge is 0.336 e. The van der Waals surface area contributed by atoms with E-state index < -0.39 is 0 Å². The van der Waals surface area contributed by atoms with Crippen LogP contribution in [-0.2, 0) is 4.79 Å². The smallest absolute Gasteiger partial charge is 0.282 e. The molecule has 3 nitrogen and oxygen atoms in total. The molecule has 2 aromatic carbocycles. The van der Waals surface area contributed by atoms with Crippen molar-refractivity contribution < 1.29 is 10.1 Å². The topological polar surface area (TPSA) is 45.7 Å². The minimum Gasteiger partial charge on any atom is -0.336 e. The number of nitrogens with one attached hydrogen (secondary N) is 1. The summed E-state index contributed by atoms with van der Waals surface area (Å²) in [5.74, 6) is 0.128. The van der Waals surface area contributed by atoms with Crippen molar-refractivity contribution in [3.63, 3.8) is 0 Å². The van der Waals surface area contributed by atoms with Crippen molar-refractivity contribution in [1.82, 2.24) is 0 Å². The second-order valence-corrected chi connectivity index (χ2v) is 4.82. The van der Waals surface area contributed by atoms with Gasteiger partial charge in [0.1, 0.15) is 0 Å². The maximum atomic E-state index is 12.0. The van der Waals surface area contributed by atoms with Crippen LogP contribution in [-0.4, -0.2) is 18.5 Å². The molecule has 1 fully saturated rings. The summed E-state index contributed by atoms with van der Waals surface area (Å²) in [7, 11) is 0. The number of quaternary nitrogens is 1. The van der Waals surface area contributed by atoms with Crippen LogP contribution in [0.25, 0.3) is 10.8 Å². The molecule has 1 aliphatic rings. The molecule has 1 aliphatic heterocycles. The van der Waals surface area contributed by atoms with Crippen molar-refractivity contribution in [2.45, 2.75) is 18.9 Å². The van der Waals surface area contributed by atoms with E-state index in [4.69, 9.17) is 0 Å². The van der Waals surface area contributed by atoms with E-state index in [-0.39, 0.29) is 11.9 Å². The van der Waals surface area contributed by atoms with Crippen LogP contribution in [0, 0.1) is 0 Å². The van der Waals surface area contributed by atoms with Gasteiger partial charge in [0.05, 0.1) is 6.54 Å².